The molecule has 0 aromatic heterocycles. The molecule has 0 aliphatic rings. The molecular formula is C8H12KN. The van der Waals surface area contributed by atoms with Gasteiger partial charge >= 0.3 is 51.4 Å². The summed E-state index contributed by atoms with van der Waals surface area (Å²) in [5, 5.41) is 0. The molecule has 1 rings (SSSR count). The molecule has 0 saturated heterocycles. The van der Waals surface area contributed by atoms with Crippen LogP contribution in [0.25, 0.3) is 0 Å². The van der Waals surface area contributed by atoms with E-state index in [1.165, 1.54) is 5.69 Å². The first-order valence-corrected chi connectivity index (χ1v) is 3.03. The zero-order valence-electron chi connectivity index (χ0n) is 7.83. The third-order valence-corrected chi connectivity index (χ3v) is 1.27. The predicted octanol–water partition coefficient (Wildman–Crippen LogP) is -1.13. The van der Waals surface area contributed by atoms with Crippen molar-refractivity contribution >= 4 is 5.69 Å². The summed E-state index contributed by atoms with van der Waals surface area (Å²) in [5.74, 6) is 0. The van der Waals surface area contributed by atoms with Gasteiger partial charge < -0.3 is 6.33 Å². The largest absolute Gasteiger partial charge is 1.00 e. The zero-order chi connectivity index (χ0) is 6.69. The van der Waals surface area contributed by atoms with E-state index in [4.69, 9.17) is 0 Å². The minimum Gasteiger partial charge on any atom is -1.00 e. The van der Waals surface area contributed by atoms with Crippen molar-refractivity contribution < 1.29 is 52.8 Å². The number of hydrogen-bond acceptors (Lipinski definition) is 1. The van der Waals surface area contributed by atoms with E-state index in [9.17, 15) is 0 Å². The Balaban J connectivity index is 0. The first-order chi connectivity index (χ1) is 4.30. The zero-order valence-corrected chi connectivity index (χ0v) is 9.96. The van der Waals surface area contributed by atoms with Crippen LogP contribution in [-0.2, 0) is 0 Å². The molecule has 0 fully saturated rings. The van der Waals surface area contributed by atoms with E-state index < -0.39 is 0 Å². The van der Waals surface area contributed by atoms with Crippen molar-refractivity contribution in [3.63, 3.8) is 0 Å². The van der Waals surface area contributed by atoms with Crippen LogP contribution in [0.1, 0.15) is 1.43 Å². The molecule has 0 aliphatic heterocycles. The molecule has 0 radical (unpaired) electrons. The predicted molar refractivity (Wildman–Crippen MR) is 41.9 cm³/mol. The van der Waals surface area contributed by atoms with E-state index >= 15 is 0 Å². The van der Waals surface area contributed by atoms with E-state index in [0.29, 0.717) is 0 Å². The first-order valence-electron chi connectivity index (χ1n) is 3.03. The molecule has 0 atom stereocenters. The summed E-state index contributed by atoms with van der Waals surface area (Å²) in [7, 11) is 4.07. The van der Waals surface area contributed by atoms with Crippen LogP contribution < -0.4 is 56.3 Å². The van der Waals surface area contributed by atoms with Crippen LogP contribution in [0, 0.1) is 0 Å². The van der Waals surface area contributed by atoms with Gasteiger partial charge in [0.05, 0.1) is 0 Å². The second-order valence-corrected chi connectivity index (χ2v) is 2.23. The second kappa shape index (κ2) is 5.33. The van der Waals surface area contributed by atoms with Crippen molar-refractivity contribution in [1.29, 1.82) is 0 Å². The summed E-state index contributed by atoms with van der Waals surface area (Å²) in [6, 6.07) is 10.3. The molecule has 0 spiro atoms. The molecule has 10 heavy (non-hydrogen) atoms. The standard InChI is InChI=1S/C8H11N.K.H/c1-9(2)8-6-4-3-5-7-8;;/h3-7H,1-2H3;;/q;+1;-1. The van der Waals surface area contributed by atoms with Crippen LogP contribution in [0.3, 0.4) is 0 Å². The Morgan fingerprint density at radius 3 is 1.90 bits per heavy atom. The van der Waals surface area contributed by atoms with Crippen LogP contribution in [0.5, 0.6) is 0 Å². The Labute approximate surface area is 106 Å². The first kappa shape index (κ1) is 10.7. The number of hydrogen-bond donors (Lipinski definition) is 0. The van der Waals surface area contributed by atoms with Crippen molar-refractivity contribution in [3.8, 4) is 0 Å². The Bertz CT molecular complexity index is 177. The van der Waals surface area contributed by atoms with Crippen LogP contribution in [-0.4, -0.2) is 14.1 Å². The molecule has 50 valence electrons. The molecule has 1 aromatic rings. The summed E-state index contributed by atoms with van der Waals surface area (Å²) in [6.45, 7) is 0. The van der Waals surface area contributed by atoms with E-state index in [2.05, 4.69) is 17.0 Å². The monoisotopic (exact) mass is 161 g/mol. The van der Waals surface area contributed by atoms with Crippen molar-refractivity contribution in [1.82, 2.24) is 0 Å². The minimum atomic E-state index is 0. The topological polar surface area (TPSA) is 3.24 Å². The van der Waals surface area contributed by atoms with Crippen LogP contribution in [0.15, 0.2) is 30.3 Å². The quantitative estimate of drug-likeness (QED) is 0.471. The molecule has 2 heteroatoms. The molecule has 0 unspecified atom stereocenters. The Hall–Kier alpha value is 0.656. The van der Waals surface area contributed by atoms with Gasteiger partial charge in [-0.1, -0.05) is 18.2 Å². The Morgan fingerprint density at radius 1 is 1.10 bits per heavy atom. The normalized spacial score (nSPS) is 8.20. The SMILES string of the molecule is CN(C)c1ccccc1.[H-].[K+]. The van der Waals surface area contributed by atoms with Crippen LogP contribution in [0.2, 0.25) is 0 Å². The summed E-state index contributed by atoms with van der Waals surface area (Å²) in [5.41, 5.74) is 1.25. The Morgan fingerprint density at radius 2 is 1.60 bits per heavy atom. The maximum Gasteiger partial charge on any atom is 1.00 e. The van der Waals surface area contributed by atoms with Gasteiger partial charge in [-0.3, -0.25) is 0 Å². The van der Waals surface area contributed by atoms with Gasteiger partial charge in [0, 0.05) is 19.8 Å². The Kier molecular flexibility index (Phi) is 5.68. The summed E-state index contributed by atoms with van der Waals surface area (Å²) in [6.07, 6.45) is 0. The number of nitrogens with zero attached hydrogens (tertiary/aromatic N) is 1. The van der Waals surface area contributed by atoms with Gasteiger partial charge in [-0.05, 0) is 12.1 Å². The van der Waals surface area contributed by atoms with Gasteiger partial charge in [0.1, 0.15) is 0 Å². The number of rotatable bonds is 1. The van der Waals surface area contributed by atoms with Gasteiger partial charge in [0.25, 0.3) is 0 Å². The molecule has 0 aliphatic carbocycles. The van der Waals surface area contributed by atoms with E-state index in [-0.39, 0.29) is 52.8 Å². The summed E-state index contributed by atoms with van der Waals surface area (Å²) >= 11 is 0. The fourth-order valence-corrected chi connectivity index (χ4v) is 0.726. The van der Waals surface area contributed by atoms with E-state index in [0.717, 1.165) is 0 Å². The summed E-state index contributed by atoms with van der Waals surface area (Å²) < 4.78 is 0. The summed E-state index contributed by atoms with van der Waals surface area (Å²) in [4.78, 5) is 2.08. The fraction of sp³-hybridized carbons (Fsp3) is 0.250. The molecule has 0 bridgehead atoms. The van der Waals surface area contributed by atoms with E-state index in [1.54, 1.807) is 0 Å². The molecule has 0 amide bonds. The molecule has 0 N–H and O–H groups in total. The third kappa shape index (κ3) is 3.17. The molecule has 0 saturated carbocycles. The number of benzene rings is 1. The smallest absolute Gasteiger partial charge is 1.00 e. The number of para-hydroxylation sites is 1. The molecular weight excluding hydrogens is 149 g/mol. The van der Waals surface area contributed by atoms with Gasteiger partial charge in [-0.25, -0.2) is 0 Å². The van der Waals surface area contributed by atoms with Crippen LogP contribution >= 0.6 is 0 Å². The minimum absolute atomic E-state index is 0. The number of anilines is 1. The molecule has 0 heterocycles. The van der Waals surface area contributed by atoms with Gasteiger partial charge in [0.2, 0.25) is 0 Å². The van der Waals surface area contributed by atoms with Crippen LogP contribution in [0.4, 0.5) is 5.69 Å². The van der Waals surface area contributed by atoms with Gasteiger partial charge in [0.15, 0.2) is 0 Å². The van der Waals surface area contributed by atoms with E-state index in [1.807, 2.05) is 32.3 Å². The fourth-order valence-electron chi connectivity index (χ4n) is 0.726. The van der Waals surface area contributed by atoms with Gasteiger partial charge in [-0.2, -0.15) is 0 Å². The van der Waals surface area contributed by atoms with Crippen molar-refractivity contribution in [3.05, 3.63) is 30.3 Å². The molecule has 1 nitrogen and oxygen atoms in total. The average Bonchev–Trinajstić information content (AvgIpc) is 1.90. The van der Waals surface area contributed by atoms with Crippen molar-refractivity contribution in [2.45, 2.75) is 0 Å². The third-order valence-electron chi connectivity index (χ3n) is 1.27. The van der Waals surface area contributed by atoms with Crippen molar-refractivity contribution in [2.24, 2.45) is 0 Å². The van der Waals surface area contributed by atoms with Crippen molar-refractivity contribution in [2.75, 3.05) is 19.0 Å². The maximum atomic E-state index is 2.08. The molecule has 1 aromatic carbocycles. The average molecular weight is 161 g/mol. The maximum absolute atomic E-state index is 2.08. The van der Waals surface area contributed by atoms with Gasteiger partial charge in [-0.15, -0.1) is 0 Å². The second-order valence-electron chi connectivity index (χ2n) is 2.23.